The highest BCUT2D eigenvalue weighted by Crippen LogP contribution is 2.37. The summed E-state index contributed by atoms with van der Waals surface area (Å²) in [6.07, 6.45) is 7.83. The van der Waals surface area contributed by atoms with Gasteiger partial charge in [-0.3, -0.25) is 0 Å². The molecular weight excluding hydrogens is 381 g/mol. The van der Waals surface area contributed by atoms with Crippen molar-refractivity contribution in [3.05, 3.63) is 94.3 Å². The van der Waals surface area contributed by atoms with Crippen molar-refractivity contribution in [3.8, 4) is 11.1 Å². The quantitative estimate of drug-likeness (QED) is 0.364. The van der Waals surface area contributed by atoms with E-state index in [-0.39, 0.29) is 5.56 Å². The van der Waals surface area contributed by atoms with E-state index in [0.717, 1.165) is 17.6 Å². The molecule has 0 atom stereocenters. The molecule has 0 aliphatic heterocycles. The number of hydrogen-bond acceptors (Lipinski definition) is 0. The summed E-state index contributed by atoms with van der Waals surface area (Å²) in [4.78, 5) is 0. The summed E-state index contributed by atoms with van der Waals surface area (Å²) in [5.74, 6) is -1.60. The van der Waals surface area contributed by atoms with E-state index >= 15 is 4.39 Å². The molecule has 3 heteroatoms. The smallest absolute Gasteiger partial charge is 0.137 e. The third-order valence-corrected chi connectivity index (χ3v) is 5.85. The lowest BCUT2D eigenvalue weighted by Crippen LogP contribution is -2.06. The van der Waals surface area contributed by atoms with Crippen LogP contribution in [0.2, 0.25) is 0 Å². The van der Waals surface area contributed by atoms with Gasteiger partial charge in [0.15, 0.2) is 0 Å². The van der Waals surface area contributed by atoms with Gasteiger partial charge < -0.3 is 0 Å². The lowest BCUT2D eigenvalue weighted by molar-refractivity contribution is 0.576. The molecule has 0 fully saturated rings. The Morgan fingerprint density at radius 3 is 2.20 bits per heavy atom. The molecule has 0 saturated heterocycles. The Kier molecular flexibility index (Phi) is 6.08. The van der Waals surface area contributed by atoms with Crippen LogP contribution in [-0.4, -0.2) is 0 Å². The van der Waals surface area contributed by atoms with Crippen LogP contribution in [0.4, 0.5) is 13.2 Å². The van der Waals surface area contributed by atoms with Crippen LogP contribution in [0.15, 0.2) is 54.6 Å². The van der Waals surface area contributed by atoms with Gasteiger partial charge >= 0.3 is 0 Å². The van der Waals surface area contributed by atoms with Crippen LogP contribution in [0.5, 0.6) is 0 Å². The zero-order valence-electron chi connectivity index (χ0n) is 17.2. The Hall–Kier alpha value is -2.81. The first kappa shape index (κ1) is 20.5. The number of benzene rings is 3. The second-order valence-electron chi connectivity index (χ2n) is 7.95. The monoisotopic (exact) mass is 406 g/mol. The highest BCUT2D eigenvalue weighted by atomic mass is 19.1. The Morgan fingerprint density at radius 1 is 0.800 bits per heavy atom. The van der Waals surface area contributed by atoms with Gasteiger partial charge in [-0.05, 0) is 77.3 Å². The fourth-order valence-corrected chi connectivity index (χ4v) is 4.15. The molecule has 0 radical (unpaired) electrons. The molecule has 3 aromatic rings. The predicted molar refractivity (Wildman–Crippen MR) is 118 cm³/mol. The topological polar surface area (TPSA) is 0 Å². The maximum Gasteiger partial charge on any atom is 0.137 e. The summed E-state index contributed by atoms with van der Waals surface area (Å²) in [5.41, 5.74) is 4.90. The second kappa shape index (κ2) is 8.91. The van der Waals surface area contributed by atoms with E-state index in [1.807, 2.05) is 6.08 Å². The fourth-order valence-electron chi connectivity index (χ4n) is 4.15. The molecule has 0 saturated carbocycles. The summed E-state index contributed by atoms with van der Waals surface area (Å²) in [6, 6.07) is 15.2. The first-order valence-corrected chi connectivity index (χ1v) is 10.6. The van der Waals surface area contributed by atoms with Crippen molar-refractivity contribution in [1.29, 1.82) is 0 Å². The Bertz CT molecular complexity index is 1060. The van der Waals surface area contributed by atoms with Gasteiger partial charge in [0.2, 0.25) is 0 Å². The van der Waals surface area contributed by atoms with Crippen molar-refractivity contribution in [2.24, 2.45) is 0 Å². The van der Waals surface area contributed by atoms with Gasteiger partial charge in [0, 0.05) is 0 Å². The molecule has 0 amide bonds. The van der Waals surface area contributed by atoms with Gasteiger partial charge in [0.1, 0.15) is 17.5 Å². The van der Waals surface area contributed by atoms with Crippen LogP contribution in [0.1, 0.15) is 54.9 Å². The lowest BCUT2D eigenvalue weighted by Gasteiger charge is -2.20. The molecule has 0 aromatic heterocycles. The van der Waals surface area contributed by atoms with E-state index in [1.165, 1.54) is 55.2 Å². The Morgan fingerprint density at radius 2 is 1.50 bits per heavy atom. The molecule has 4 rings (SSSR count). The van der Waals surface area contributed by atoms with Crippen molar-refractivity contribution in [3.63, 3.8) is 0 Å². The SMILES string of the molecule is CCCCCc1ccc(C2=Cc3cc(F)c(-c4ccc(F)cc4)c(F)c3CC2)cc1. The number of fused-ring (bicyclic) bond motifs is 1. The average molecular weight is 406 g/mol. The van der Waals surface area contributed by atoms with Gasteiger partial charge in [-0.2, -0.15) is 0 Å². The molecule has 1 aliphatic carbocycles. The maximum absolute atomic E-state index is 15.2. The Balaban J connectivity index is 1.63. The van der Waals surface area contributed by atoms with Gasteiger partial charge in [-0.25, -0.2) is 13.2 Å². The van der Waals surface area contributed by atoms with E-state index in [9.17, 15) is 8.78 Å². The zero-order chi connectivity index (χ0) is 21.1. The molecule has 0 bridgehead atoms. The molecule has 0 spiro atoms. The van der Waals surface area contributed by atoms with Crippen molar-refractivity contribution in [2.75, 3.05) is 0 Å². The summed E-state index contributed by atoms with van der Waals surface area (Å²) >= 11 is 0. The summed E-state index contributed by atoms with van der Waals surface area (Å²) in [6.45, 7) is 2.20. The largest absolute Gasteiger partial charge is 0.207 e. The third kappa shape index (κ3) is 4.21. The molecule has 154 valence electrons. The van der Waals surface area contributed by atoms with Gasteiger partial charge in [-0.1, -0.05) is 62.2 Å². The summed E-state index contributed by atoms with van der Waals surface area (Å²) in [5, 5.41) is 0. The highest BCUT2D eigenvalue weighted by molar-refractivity contribution is 5.85. The van der Waals surface area contributed by atoms with Gasteiger partial charge in [-0.15, -0.1) is 0 Å². The highest BCUT2D eigenvalue weighted by Gasteiger charge is 2.22. The van der Waals surface area contributed by atoms with Crippen LogP contribution in [0.25, 0.3) is 22.8 Å². The van der Waals surface area contributed by atoms with Gasteiger partial charge in [0.05, 0.1) is 5.56 Å². The number of aryl methyl sites for hydroxylation is 1. The number of hydrogen-bond donors (Lipinski definition) is 0. The lowest BCUT2D eigenvalue weighted by atomic mass is 9.86. The average Bonchev–Trinajstić information content (AvgIpc) is 2.75. The fraction of sp³-hybridized carbons (Fsp3) is 0.259. The van der Waals surface area contributed by atoms with Crippen LogP contribution >= 0.6 is 0 Å². The van der Waals surface area contributed by atoms with Crippen molar-refractivity contribution < 1.29 is 13.2 Å². The first-order valence-electron chi connectivity index (χ1n) is 10.6. The van der Waals surface area contributed by atoms with Crippen LogP contribution in [0.3, 0.4) is 0 Å². The van der Waals surface area contributed by atoms with E-state index in [4.69, 9.17) is 0 Å². The Labute approximate surface area is 176 Å². The number of allylic oxidation sites excluding steroid dienone is 1. The van der Waals surface area contributed by atoms with Gasteiger partial charge in [0.25, 0.3) is 0 Å². The second-order valence-corrected chi connectivity index (χ2v) is 7.95. The number of unbranched alkanes of at least 4 members (excludes halogenated alkanes) is 2. The number of halogens is 3. The molecule has 0 heterocycles. The molecule has 30 heavy (non-hydrogen) atoms. The molecule has 0 nitrogen and oxygen atoms in total. The molecule has 0 N–H and O–H groups in total. The minimum Gasteiger partial charge on any atom is -0.207 e. The van der Waals surface area contributed by atoms with E-state index in [0.29, 0.717) is 29.5 Å². The summed E-state index contributed by atoms with van der Waals surface area (Å²) < 4.78 is 43.1. The van der Waals surface area contributed by atoms with Crippen molar-refractivity contribution in [2.45, 2.75) is 45.4 Å². The van der Waals surface area contributed by atoms with Crippen LogP contribution in [0, 0.1) is 17.5 Å². The normalized spacial score (nSPS) is 13.1. The molecular formula is C27H25F3. The molecule has 0 unspecified atom stereocenters. The maximum atomic E-state index is 15.2. The molecule has 3 aromatic carbocycles. The van der Waals surface area contributed by atoms with E-state index in [1.54, 1.807) is 0 Å². The minimum atomic E-state index is -0.623. The van der Waals surface area contributed by atoms with Crippen LogP contribution in [-0.2, 0) is 12.8 Å². The third-order valence-electron chi connectivity index (χ3n) is 5.85. The summed E-state index contributed by atoms with van der Waals surface area (Å²) in [7, 11) is 0. The zero-order valence-corrected chi connectivity index (χ0v) is 17.2. The van der Waals surface area contributed by atoms with Crippen molar-refractivity contribution in [1.82, 2.24) is 0 Å². The molecule has 1 aliphatic rings. The van der Waals surface area contributed by atoms with E-state index in [2.05, 4.69) is 31.2 Å². The predicted octanol–water partition coefficient (Wildman–Crippen LogP) is 7.99. The standard InChI is InChI=1S/C27H25F3/c1-2-3-4-5-18-6-8-19(9-7-18)21-12-15-24-22(16-21)17-25(29)26(27(24)30)20-10-13-23(28)14-11-20/h6-11,13-14,16-17H,2-5,12,15H2,1H3. The van der Waals surface area contributed by atoms with E-state index < -0.39 is 17.5 Å². The first-order chi connectivity index (χ1) is 14.6. The minimum absolute atomic E-state index is 0.0815. The number of rotatable bonds is 6. The van der Waals surface area contributed by atoms with Crippen LogP contribution < -0.4 is 0 Å². The van der Waals surface area contributed by atoms with Crippen molar-refractivity contribution >= 4 is 11.6 Å².